The van der Waals surface area contributed by atoms with Crippen molar-refractivity contribution >= 4 is 26.9 Å². The lowest BCUT2D eigenvalue weighted by atomic mass is 18.7. The summed E-state index contributed by atoms with van der Waals surface area (Å²) in [4.78, 5) is 0. The average molecular weight is 141 g/mol. The highest BCUT2D eigenvalue weighted by molar-refractivity contribution is 7.32. The summed E-state index contributed by atoms with van der Waals surface area (Å²) in [6, 6.07) is 0. The second kappa shape index (κ2) is 1.94. The van der Waals surface area contributed by atoms with Crippen LogP contribution >= 0.6 is 0 Å². The first kappa shape index (κ1) is 6.44. The van der Waals surface area contributed by atoms with Gasteiger partial charge in [-0.15, -0.1) is 0 Å². The van der Waals surface area contributed by atoms with Crippen molar-refractivity contribution in [2.24, 2.45) is 0 Å². The number of rotatable bonds is 1. The molecule has 0 aromatic carbocycles. The first-order valence-corrected chi connectivity index (χ1v) is 6.20. The normalized spacial score (nSPS) is 12.0. The molecule has 6 heteroatoms. The summed E-state index contributed by atoms with van der Waals surface area (Å²) in [5.41, 5.74) is 0. The maximum atomic E-state index is 10.9. The molecule has 0 nitrogen and oxygen atoms in total. The van der Waals surface area contributed by atoms with Crippen molar-refractivity contribution in [1.29, 1.82) is 0 Å². The van der Waals surface area contributed by atoms with Gasteiger partial charge in [0.2, 0.25) is 0 Å². The minimum absolute atomic E-state index is 0.988. The maximum absolute atomic E-state index is 10.9. The van der Waals surface area contributed by atoms with Gasteiger partial charge >= 0.3 is 8.59 Å². The zero-order valence-corrected chi connectivity index (χ0v) is 5.63. The van der Waals surface area contributed by atoms with Crippen LogP contribution in [-0.4, -0.2) is 26.9 Å². The Kier molecular flexibility index (Phi) is 2.08. The molecular formula is F3Si3. The van der Waals surface area contributed by atoms with Gasteiger partial charge in [-0.05, 0) is 0 Å². The molecule has 0 fully saturated rings. The Morgan fingerprint density at radius 2 is 1.50 bits per heavy atom. The Morgan fingerprint density at radius 3 is 1.50 bits per heavy atom. The van der Waals surface area contributed by atoms with Gasteiger partial charge in [0.15, 0.2) is 0 Å². The number of hydrogen-bond donors (Lipinski definition) is 0. The van der Waals surface area contributed by atoms with E-state index in [1.807, 2.05) is 0 Å². The molecular weight excluding hydrogens is 141 g/mol. The summed E-state index contributed by atoms with van der Waals surface area (Å²) in [5, 5.41) is 0. The molecule has 0 aromatic heterocycles. The van der Waals surface area contributed by atoms with Crippen molar-refractivity contribution in [2.75, 3.05) is 0 Å². The molecule has 0 rings (SSSR count). The second-order valence-electron chi connectivity index (χ2n) is 0.623. The molecule has 0 aliphatic rings. The van der Waals surface area contributed by atoms with Crippen LogP contribution in [0.15, 0.2) is 0 Å². The molecule has 0 heterocycles. The second-order valence-corrected chi connectivity index (χ2v) is 6.57. The number of halogens is 3. The van der Waals surface area contributed by atoms with Gasteiger partial charge in [0.25, 0.3) is 0 Å². The van der Waals surface area contributed by atoms with E-state index in [-0.39, 0.29) is 0 Å². The quantitative estimate of drug-likeness (QED) is 0.359. The van der Waals surface area contributed by atoms with Gasteiger partial charge in [-0.1, -0.05) is 0 Å². The molecule has 0 saturated carbocycles. The lowest BCUT2D eigenvalue weighted by molar-refractivity contribution is 0.515. The molecule has 6 heavy (non-hydrogen) atoms. The van der Waals surface area contributed by atoms with E-state index in [1.54, 1.807) is 0 Å². The highest BCUT2D eigenvalue weighted by Crippen LogP contribution is 2.01. The fourth-order valence-electron chi connectivity index (χ4n) is 0. The van der Waals surface area contributed by atoms with Crippen molar-refractivity contribution in [1.82, 2.24) is 0 Å². The minimum Gasteiger partial charge on any atom is -0.242 e. The van der Waals surface area contributed by atoms with Crippen LogP contribution in [0.3, 0.4) is 0 Å². The fourth-order valence-corrected chi connectivity index (χ4v) is 0. The monoisotopic (exact) mass is 141 g/mol. The summed E-state index contributed by atoms with van der Waals surface area (Å²) in [5.74, 6) is 0. The topological polar surface area (TPSA) is 0 Å². The van der Waals surface area contributed by atoms with Crippen molar-refractivity contribution in [3.8, 4) is 0 Å². The predicted molar refractivity (Wildman–Crippen MR) is 20.6 cm³/mol. The van der Waals surface area contributed by atoms with E-state index in [9.17, 15) is 12.3 Å². The van der Waals surface area contributed by atoms with E-state index in [2.05, 4.69) is 9.76 Å². The van der Waals surface area contributed by atoms with Crippen molar-refractivity contribution in [2.45, 2.75) is 0 Å². The Morgan fingerprint density at radius 1 is 1.33 bits per heavy atom. The highest BCUT2D eigenvalue weighted by Gasteiger charge is 2.32. The van der Waals surface area contributed by atoms with Crippen LogP contribution in [0.1, 0.15) is 0 Å². The molecule has 0 spiro atoms. The van der Waals surface area contributed by atoms with Gasteiger partial charge in [0, 0.05) is 9.76 Å². The van der Waals surface area contributed by atoms with Crippen LogP contribution in [0.5, 0.6) is 0 Å². The van der Waals surface area contributed by atoms with Crippen LogP contribution < -0.4 is 0 Å². The smallest absolute Gasteiger partial charge is 0.242 e. The van der Waals surface area contributed by atoms with Crippen LogP contribution in [0, 0.1) is 0 Å². The van der Waals surface area contributed by atoms with E-state index in [1.165, 1.54) is 0 Å². The summed E-state index contributed by atoms with van der Waals surface area (Å²) in [7, 11) is -3.80. The summed E-state index contributed by atoms with van der Waals surface area (Å²) >= 11 is 0. The summed E-state index contributed by atoms with van der Waals surface area (Å²) in [6.45, 7) is 0. The molecule has 0 aliphatic carbocycles. The molecule has 0 unspecified atom stereocenters. The average Bonchev–Trinajstić information content (AvgIpc) is 1.35. The minimum atomic E-state index is -5.19. The molecule has 5 radical (unpaired) electrons. The number of hydrogen-bond acceptors (Lipinski definition) is 0. The lowest BCUT2D eigenvalue weighted by Gasteiger charge is -1.90. The van der Waals surface area contributed by atoms with Gasteiger partial charge in [-0.2, -0.15) is 0 Å². The molecule has 0 aromatic rings. The zero-order chi connectivity index (χ0) is 5.21. The van der Waals surface area contributed by atoms with Gasteiger partial charge in [0.1, 0.15) is 8.55 Å². The van der Waals surface area contributed by atoms with Crippen LogP contribution in [0.25, 0.3) is 0 Å². The molecule has 0 bridgehead atoms. The molecule has 0 atom stereocenters. The third-order valence-corrected chi connectivity index (χ3v) is 3.83. The Balaban J connectivity index is 3.17. The van der Waals surface area contributed by atoms with Crippen LogP contribution in [0.2, 0.25) is 0 Å². The van der Waals surface area contributed by atoms with Gasteiger partial charge in [-0.25, -0.2) is 12.3 Å². The lowest BCUT2D eigenvalue weighted by Crippen LogP contribution is -2.25. The standard InChI is InChI=1S/F3Si3/c1-6(2,3)5-4. The predicted octanol–water partition coefficient (Wildman–Crippen LogP) is 0.118. The Bertz CT molecular complexity index is 35.8. The van der Waals surface area contributed by atoms with Gasteiger partial charge in [0.05, 0.1) is 0 Å². The van der Waals surface area contributed by atoms with Crippen molar-refractivity contribution < 1.29 is 12.3 Å². The molecule has 33 valence electrons. The summed E-state index contributed by atoms with van der Waals surface area (Å²) in [6.07, 6.45) is 0. The third-order valence-electron chi connectivity index (χ3n) is 0.142. The molecule has 0 N–H and O–H groups in total. The van der Waals surface area contributed by atoms with Gasteiger partial charge in [-0.3, -0.25) is 0 Å². The summed E-state index contributed by atoms with van der Waals surface area (Å²) < 4.78 is 32.7. The fraction of sp³-hybridized carbons (Fsp3) is 0. The molecule has 0 amide bonds. The van der Waals surface area contributed by atoms with Crippen LogP contribution in [0.4, 0.5) is 12.3 Å². The zero-order valence-electron chi connectivity index (χ0n) is 2.63. The molecule has 0 aliphatic heterocycles. The Hall–Kier alpha value is 0.441. The first-order chi connectivity index (χ1) is 2.56. The van der Waals surface area contributed by atoms with E-state index in [4.69, 9.17) is 0 Å². The largest absolute Gasteiger partial charge is 0.572 e. The van der Waals surface area contributed by atoms with E-state index >= 15 is 0 Å². The van der Waals surface area contributed by atoms with E-state index in [0.717, 1.165) is 0 Å². The maximum Gasteiger partial charge on any atom is 0.572 e. The third kappa shape index (κ3) is 4.44. The first-order valence-electron chi connectivity index (χ1n) is 1.07. The van der Waals surface area contributed by atoms with E-state index < -0.39 is 17.1 Å². The van der Waals surface area contributed by atoms with Crippen LogP contribution in [-0.2, 0) is 0 Å². The Labute approximate surface area is 40.1 Å². The van der Waals surface area contributed by atoms with E-state index in [0.29, 0.717) is 0 Å². The molecule has 0 saturated heterocycles. The highest BCUT2D eigenvalue weighted by atomic mass is 29.6. The van der Waals surface area contributed by atoms with Crippen molar-refractivity contribution in [3.63, 3.8) is 0 Å². The van der Waals surface area contributed by atoms with Crippen molar-refractivity contribution in [3.05, 3.63) is 0 Å². The van der Waals surface area contributed by atoms with Gasteiger partial charge < -0.3 is 0 Å². The SMILES string of the molecule is F[Si](F)(F)[Si][Si].